The number of benzene rings is 3. The number of hydrogen-bond acceptors (Lipinski definition) is 4. The summed E-state index contributed by atoms with van der Waals surface area (Å²) in [6.07, 6.45) is 0. The van der Waals surface area contributed by atoms with Gasteiger partial charge in [-0.05, 0) is 43.3 Å². The van der Waals surface area contributed by atoms with E-state index < -0.39 is 0 Å². The van der Waals surface area contributed by atoms with Gasteiger partial charge in [-0.15, -0.1) is 0 Å². The van der Waals surface area contributed by atoms with Gasteiger partial charge in [0.2, 0.25) is 5.91 Å². The van der Waals surface area contributed by atoms with Gasteiger partial charge in [0.1, 0.15) is 30.5 Å². The number of ether oxygens (including phenoxy) is 2. The van der Waals surface area contributed by atoms with E-state index in [2.05, 4.69) is 10.3 Å². The maximum Gasteiger partial charge on any atom is 0.244 e. The average Bonchev–Trinajstić information content (AvgIpc) is 3.12. The first kappa shape index (κ1) is 19.5. The lowest BCUT2D eigenvalue weighted by molar-refractivity contribution is -0.116. The second kappa shape index (κ2) is 9.13. The highest BCUT2D eigenvalue weighted by Crippen LogP contribution is 2.24. The van der Waals surface area contributed by atoms with Crippen LogP contribution in [0.4, 0.5) is 5.69 Å². The Kier molecular flexibility index (Phi) is 5.94. The van der Waals surface area contributed by atoms with E-state index in [0.717, 1.165) is 16.8 Å². The molecule has 1 aromatic heterocycles. The van der Waals surface area contributed by atoms with Crippen molar-refractivity contribution in [3.05, 3.63) is 84.7 Å². The standard InChI is InChI=1S/C24H23N3O3/c1-2-29-22-15-9-7-13-20(22)26-24(28)16-27-21-14-8-6-12-19(21)25-23(27)17-30-18-10-4-3-5-11-18/h3-15H,2,16-17H2,1H3,(H,26,28). The molecular weight excluding hydrogens is 378 g/mol. The molecule has 1 amide bonds. The molecule has 0 saturated heterocycles. The molecule has 4 aromatic rings. The van der Waals surface area contributed by atoms with Crippen LogP contribution in [0.1, 0.15) is 12.7 Å². The highest BCUT2D eigenvalue weighted by atomic mass is 16.5. The number of nitrogens with zero attached hydrogens (tertiary/aromatic N) is 2. The third-order valence-electron chi connectivity index (χ3n) is 4.61. The Bertz CT molecular complexity index is 1140. The van der Waals surface area contributed by atoms with Gasteiger partial charge in [0.15, 0.2) is 0 Å². The fraction of sp³-hybridized carbons (Fsp3) is 0.167. The number of imidazole rings is 1. The van der Waals surface area contributed by atoms with E-state index in [9.17, 15) is 4.79 Å². The molecule has 6 nitrogen and oxygen atoms in total. The summed E-state index contributed by atoms with van der Waals surface area (Å²) >= 11 is 0. The van der Waals surface area contributed by atoms with Crippen LogP contribution < -0.4 is 14.8 Å². The number of amides is 1. The molecule has 0 radical (unpaired) electrons. The van der Waals surface area contributed by atoms with E-state index in [1.165, 1.54) is 0 Å². The minimum atomic E-state index is -0.161. The molecule has 3 aromatic carbocycles. The van der Waals surface area contributed by atoms with E-state index in [1.807, 2.05) is 90.4 Å². The van der Waals surface area contributed by atoms with Crippen LogP contribution in [0.15, 0.2) is 78.9 Å². The number of carbonyl (C=O) groups excluding carboxylic acids is 1. The molecular formula is C24H23N3O3. The molecule has 0 fully saturated rings. The third kappa shape index (κ3) is 4.43. The van der Waals surface area contributed by atoms with Crippen molar-refractivity contribution in [1.29, 1.82) is 0 Å². The number of nitrogens with one attached hydrogen (secondary N) is 1. The summed E-state index contributed by atoms with van der Waals surface area (Å²) in [7, 11) is 0. The number of rotatable bonds is 8. The number of carbonyl (C=O) groups is 1. The first-order valence-corrected chi connectivity index (χ1v) is 9.88. The van der Waals surface area contributed by atoms with E-state index in [4.69, 9.17) is 9.47 Å². The van der Waals surface area contributed by atoms with Crippen molar-refractivity contribution in [2.45, 2.75) is 20.1 Å². The second-order valence-corrected chi connectivity index (χ2v) is 6.68. The number of fused-ring (bicyclic) bond motifs is 1. The van der Waals surface area contributed by atoms with Crippen molar-refractivity contribution >= 4 is 22.6 Å². The van der Waals surface area contributed by atoms with Crippen molar-refractivity contribution < 1.29 is 14.3 Å². The van der Waals surface area contributed by atoms with Crippen LogP contribution in [0.5, 0.6) is 11.5 Å². The lowest BCUT2D eigenvalue weighted by Gasteiger charge is -2.13. The molecule has 0 saturated carbocycles. The third-order valence-corrected chi connectivity index (χ3v) is 4.61. The molecule has 0 bridgehead atoms. The summed E-state index contributed by atoms with van der Waals surface area (Å²) in [5, 5.41) is 2.95. The van der Waals surface area contributed by atoms with Gasteiger partial charge in [-0.1, -0.05) is 42.5 Å². The van der Waals surface area contributed by atoms with Crippen molar-refractivity contribution in [3.63, 3.8) is 0 Å². The first-order chi connectivity index (χ1) is 14.7. The van der Waals surface area contributed by atoms with E-state index in [-0.39, 0.29) is 19.1 Å². The van der Waals surface area contributed by atoms with Crippen LogP contribution in [0.25, 0.3) is 11.0 Å². The van der Waals surface area contributed by atoms with Gasteiger partial charge in [-0.25, -0.2) is 4.98 Å². The van der Waals surface area contributed by atoms with Crippen LogP contribution in [-0.2, 0) is 17.9 Å². The topological polar surface area (TPSA) is 65.4 Å². The van der Waals surface area contributed by atoms with Crippen molar-refractivity contribution in [2.24, 2.45) is 0 Å². The molecule has 0 aliphatic carbocycles. The Hall–Kier alpha value is -3.80. The summed E-state index contributed by atoms with van der Waals surface area (Å²) in [5.41, 5.74) is 2.36. The van der Waals surface area contributed by atoms with E-state index >= 15 is 0 Å². The molecule has 0 unspecified atom stereocenters. The molecule has 0 aliphatic heterocycles. The van der Waals surface area contributed by atoms with Crippen LogP contribution >= 0.6 is 0 Å². The minimum Gasteiger partial charge on any atom is -0.492 e. The Morgan fingerprint density at radius 3 is 2.50 bits per heavy atom. The number of hydrogen-bond donors (Lipinski definition) is 1. The van der Waals surface area contributed by atoms with Gasteiger partial charge >= 0.3 is 0 Å². The quantitative estimate of drug-likeness (QED) is 0.467. The highest BCUT2D eigenvalue weighted by Gasteiger charge is 2.15. The van der Waals surface area contributed by atoms with Gasteiger partial charge in [0, 0.05) is 0 Å². The molecule has 0 aliphatic rings. The molecule has 152 valence electrons. The maximum atomic E-state index is 12.9. The van der Waals surface area contributed by atoms with Gasteiger partial charge in [-0.2, -0.15) is 0 Å². The fourth-order valence-corrected chi connectivity index (χ4v) is 3.26. The molecule has 1 N–H and O–H groups in total. The van der Waals surface area contributed by atoms with Crippen LogP contribution in [-0.4, -0.2) is 22.1 Å². The van der Waals surface area contributed by atoms with Crippen molar-refractivity contribution in [3.8, 4) is 11.5 Å². The largest absolute Gasteiger partial charge is 0.492 e. The lowest BCUT2D eigenvalue weighted by atomic mass is 10.3. The SMILES string of the molecule is CCOc1ccccc1NC(=O)Cn1c(COc2ccccc2)nc2ccccc21. The monoisotopic (exact) mass is 401 g/mol. The Morgan fingerprint density at radius 1 is 0.933 bits per heavy atom. The normalized spacial score (nSPS) is 10.7. The maximum absolute atomic E-state index is 12.9. The fourth-order valence-electron chi connectivity index (χ4n) is 3.26. The number of anilines is 1. The minimum absolute atomic E-state index is 0.119. The molecule has 4 rings (SSSR count). The number of para-hydroxylation sites is 5. The van der Waals surface area contributed by atoms with Gasteiger partial charge in [0.05, 0.1) is 23.3 Å². The van der Waals surface area contributed by atoms with Crippen LogP contribution in [0.2, 0.25) is 0 Å². The van der Waals surface area contributed by atoms with Crippen molar-refractivity contribution in [1.82, 2.24) is 9.55 Å². The van der Waals surface area contributed by atoms with Gasteiger partial charge in [-0.3, -0.25) is 4.79 Å². The van der Waals surface area contributed by atoms with Crippen LogP contribution in [0.3, 0.4) is 0 Å². The zero-order chi connectivity index (χ0) is 20.8. The predicted octanol–water partition coefficient (Wildman–Crippen LogP) is 4.65. The molecule has 30 heavy (non-hydrogen) atoms. The zero-order valence-corrected chi connectivity index (χ0v) is 16.7. The Labute approximate surface area is 175 Å². The summed E-state index contributed by atoms with van der Waals surface area (Å²) in [6, 6.07) is 24.7. The summed E-state index contributed by atoms with van der Waals surface area (Å²) in [6.45, 7) is 2.82. The van der Waals surface area contributed by atoms with Crippen LogP contribution in [0, 0.1) is 0 Å². The first-order valence-electron chi connectivity index (χ1n) is 9.88. The smallest absolute Gasteiger partial charge is 0.244 e. The molecule has 0 spiro atoms. The highest BCUT2D eigenvalue weighted by molar-refractivity contribution is 5.93. The molecule has 0 atom stereocenters. The summed E-state index contributed by atoms with van der Waals surface area (Å²) < 4.78 is 13.4. The predicted molar refractivity (Wildman–Crippen MR) is 117 cm³/mol. The summed E-state index contributed by atoms with van der Waals surface area (Å²) in [4.78, 5) is 17.5. The second-order valence-electron chi connectivity index (χ2n) is 6.68. The molecule has 6 heteroatoms. The lowest BCUT2D eigenvalue weighted by Crippen LogP contribution is -2.21. The molecule has 1 heterocycles. The Morgan fingerprint density at radius 2 is 1.67 bits per heavy atom. The average molecular weight is 401 g/mol. The van der Waals surface area contributed by atoms with Gasteiger partial charge < -0.3 is 19.4 Å². The van der Waals surface area contributed by atoms with Crippen molar-refractivity contribution in [2.75, 3.05) is 11.9 Å². The van der Waals surface area contributed by atoms with E-state index in [0.29, 0.717) is 23.9 Å². The zero-order valence-electron chi connectivity index (χ0n) is 16.7. The number of aromatic nitrogens is 2. The Balaban J connectivity index is 1.56. The van der Waals surface area contributed by atoms with Gasteiger partial charge in [0.25, 0.3) is 0 Å². The van der Waals surface area contributed by atoms with E-state index in [1.54, 1.807) is 0 Å². The summed E-state index contributed by atoms with van der Waals surface area (Å²) in [5.74, 6) is 1.93.